The lowest BCUT2D eigenvalue weighted by Gasteiger charge is -2.34. The number of rotatable bonds is 4. The molecule has 2 unspecified atom stereocenters. The zero-order chi connectivity index (χ0) is 15.5. The first kappa shape index (κ1) is 18.8. The van der Waals surface area contributed by atoms with Crippen LogP contribution < -0.4 is 10.6 Å². The molecule has 0 aliphatic carbocycles. The highest BCUT2D eigenvalue weighted by Gasteiger charge is 2.32. The third-order valence-electron chi connectivity index (χ3n) is 4.65. The lowest BCUT2D eigenvalue weighted by molar-refractivity contribution is -0.116. The highest BCUT2D eigenvalue weighted by molar-refractivity contribution is 6.35. The monoisotopic (exact) mass is 377 g/mol. The van der Waals surface area contributed by atoms with Gasteiger partial charge in [-0.3, -0.25) is 4.79 Å². The van der Waals surface area contributed by atoms with Gasteiger partial charge in [0.1, 0.15) is 0 Å². The van der Waals surface area contributed by atoms with Crippen LogP contribution in [0.5, 0.6) is 0 Å². The fourth-order valence-electron chi connectivity index (χ4n) is 3.38. The van der Waals surface area contributed by atoms with Crippen molar-refractivity contribution in [2.75, 3.05) is 38.0 Å². The largest absolute Gasteiger partial charge is 0.325 e. The van der Waals surface area contributed by atoms with E-state index in [4.69, 9.17) is 23.2 Å². The highest BCUT2D eigenvalue weighted by atomic mass is 35.5. The van der Waals surface area contributed by atoms with Crippen molar-refractivity contribution in [2.24, 2.45) is 11.8 Å². The van der Waals surface area contributed by atoms with E-state index in [1.54, 1.807) is 18.2 Å². The Labute approximate surface area is 153 Å². The molecule has 2 aliphatic heterocycles. The van der Waals surface area contributed by atoms with Gasteiger partial charge in [-0.2, -0.15) is 0 Å². The number of halogens is 3. The molecule has 0 bridgehead atoms. The highest BCUT2D eigenvalue weighted by Crippen LogP contribution is 2.27. The van der Waals surface area contributed by atoms with Gasteiger partial charge in [-0.1, -0.05) is 23.2 Å². The van der Waals surface area contributed by atoms with Gasteiger partial charge in [0.2, 0.25) is 5.91 Å². The van der Waals surface area contributed by atoms with Crippen LogP contribution in [0, 0.1) is 11.8 Å². The lowest BCUT2D eigenvalue weighted by atomic mass is 9.89. The number of likely N-dealkylation sites (tertiary alicyclic amines) is 1. The fraction of sp³-hybridized carbons (Fsp3) is 0.562. The average molecular weight is 379 g/mol. The van der Waals surface area contributed by atoms with Crippen molar-refractivity contribution >= 4 is 47.2 Å². The van der Waals surface area contributed by atoms with Crippen molar-refractivity contribution in [2.45, 2.75) is 12.8 Å². The summed E-state index contributed by atoms with van der Waals surface area (Å²) in [4.78, 5) is 14.5. The van der Waals surface area contributed by atoms with Gasteiger partial charge in [0.15, 0.2) is 0 Å². The lowest BCUT2D eigenvalue weighted by Crippen LogP contribution is -2.41. The normalized spacial score (nSPS) is 23.9. The first-order valence-corrected chi connectivity index (χ1v) is 8.55. The number of piperidine rings is 1. The van der Waals surface area contributed by atoms with Crippen LogP contribution in [0.3, 0.4) is 0 Å². The second-order valence-corrected chi connectivity index (χ2v) is 7.03. The summed E-state index contributed by atoms with van der Waals surface area (Å²) >= 11 is 12.0. The van der Waals surface area contributed by atoms with E-state index in [-0.39, 0.29) is 18.3 Å². The topological polar surface area (TPSA) is 44.4 Å². The van der Waals surface area contributed by atoms with E-state index in [1.165, 1.54) is 6.42 Å². The molecule has 0 aromatic heterocycles. The van der Waals surface area contributed by atoms with Crippen molar-refractivity contribution in [3.05, 3.63) is 28.2 Å². The molecule has 1 amide bonds. The molecule has 1 aromatic rings. The number of amides is 1. The molecule has 23 heavy (non-hydrogen) atoms. The zero-order valence-electron chi connectivity index (χ0n) is 12.9. The molecular weight excluding hydrogens is 357 g/mol. The SMILES string of the molecule is Cl.O=C(CCN1CCC2CNCC2C1)Nc1cc(Cl)ccc1Cl. The predicted octanol–water partition coefficient (Wildman–Crippen LogP) is 3.29. The van der Waals surface area contributed by atoms with E-state index in [0.29, 0.717) is 22.2 Å². The summed E-state index contributed by atoms with van der Waals surface area (Å²) in [6.07, 6.45) is 1.72. The molecule has 4 nitrogen and oxygen atoms in total. The van der Waals surface area contributed by atoms with Crippen molar-refractivity contribution in [1.29, 1.82) is 0 Å². The van der Waals surface area contributed by atoms with Gasteiger partial charge < -0.3 is 15.5 Å². The third-order valence-corrected chi connectivity index (χ3v) is 5.21. The molecule has 0 spiro atoms. The van der Waals surface area contributed by atoms with Crippen LogP contribution >= 0.6 is 35.6 Å². The van der Waals surface area contributed by atoms with Gasteiger partial charge in [-0.05, 0) is 56.1 Å². The Bertz CT molecular complexity index is 555. The first-order chi connectivity index (χ1) is 10.6. The Morgan fingerprint density at radius 3 is 2.91 bits per heavy atom. The average Bonchev–Trinajstić information content (AvgIpc) is 2.96. The summed E-state index contributed by atoms with van der Waals surface area (Å²) in [6, 6.07) is 5.08. The van der Waals surface area contributed by atoms with Crippen LogP contribution in [0.15, 0.2) is 18.2 Å². The zero-order valence-corrected chi connectivity index (χ0v) is 15.2. The molecule has 0 saturated carbocycles. The van der Waals surface area contributed by atoms with E-state index in [9.17, 15) is 4.79 Å². The summed E-state index contributed by atoms with van der Waals surface area (Å²) in [5.41, 5.74) is 0.581. The number of hydrogen-bond acceptors (Lipinski definition) is 3. The second kappa shape index (κ2) is 8.54. The summed E-state index contributed by atoms with van der Waals surface area (Å²) in [7, 11) is 0. The van der Waals surface area contributed by atoms with Gasteiger partial charge in [-0.25, -0.2) is 0 Å². The van der Waals surface area contributed by atoms with E-state index in [2.05, 4.69) is 15.5 Å². The number of benzene rings is 1. The standard InChI is InChI=1S/C16H21Cl2N3O.ClH/c17-13-1-2-14(18)15(7-13)20-16(22)4-6-21-5-3-11-8-19-9-12(11)10-21;/h1-2,7,11-12,19H,3-6,8-10H2,(H,20,22);1H. The summed E-state index contributed by atoms with van der Waals surface area (Å²) < 4.78 is 0. The molecule has 3 rings (SSSR count). The molecule has 2 N–H and O–H groups in total. The Kier molecular flexibility index (Phi) is 6.99. The van der Waals surface area contributed by atoms with Gasteiger partial charge in [0, 0.05) is 24.5 Å². The van der Waals surface area contributed by atoms with Crippen LogP contribution in [0.2, 0.25) is 10.0 Å². The van der Waals surface area contributed by atoms with Gasteiger partial charge >= 0.3 is 0 Å². The number of hydrogen-bond donors (Lipinski definition) is 2. The molecule has 2 fully saturated rings. The van der Waals surface area contributed by atoms with Gasteiger partial charge in [-0.15, -0.1) is 12.4 Å². The Morgan fingerprint density at radius 2 is 2.09 bits per heavy atom. The molecular formula is C16H22Cl3N3O. The quantitative estimate of drug-likeness (QED) is 0.845. The molecule has 2 atom stereocenters. The maximum Gasteiger partial charge on any atom is 0.225 e. The third kappa shape index (κ3) is 4.97. The van der Waals surface area contributed by atoms with E-state index >= 15 is 0 Å². The summed E-state index contributed by atoms with van der Waals surface area (Å²) in [5, 5.41) is 7.38. The molecule has 2 saturated heterocycles. The number of carbonyl (C=O) groups excluding carboxylic acids is 1. The van der Waals surface area contributed by atoms with E-state index in [0.717, 1.165) is 44.6 Å². The Balaban J connectivity index is 0.00000192. The molecule has 2 aliphatic rings. The smallest absolute Gasteiger partial charge is 0.225 e. The predicted molar refractivity (Wildman–Crippen MR) is 97.9 cm³/mol. The van der Waals surface area contributed by atoms with Crippen LogP contribution in [0.1, 0.15) is 12.8 Å². The number of anilines is 1. The van der Waals surface area contributed by atoms with Crippen LogP contribution in [0.25, 0.3) is 0 Å². The van der Waals surface area contributed by atoms with Crippen molar-refractivity contribution < 1.29 is 4.79 Å². The second-order valence-electron chi connectivity index (χ2n) is 6.19. The Morgan fingerprint density at radius 1 is 1.30 bits per heavy atom. The molecule has 128 valence electrons. The minimum absolute atomic E-state index is 0. The molecule has 2 heterocycles. The number of nitrogens with one attached hydrogen (secondary N) is 2. The fourth-order valence-corrected chi connectivity index (χ4v) is 3.72. The van der Waals surface area contributed by atoms with Crippen molar-refractivity contribution in [3.8, 4) is 0 Å². The molecule has 7 heteroatoms. The minimum Gasteiger partial charge on any atom is -0.325 e. The van der Waals surface area contributed by atoms with Crippen LogP contribution in [0.4, 0.5) is 5.69 Å². The first-order valence-electron chi connectivity index (χ1n) is 7.80. The van der Waals surface area contributed by atoms with Crippen molar-refractivity contribution in [1.82, 2.24) is 10.2 Å². The van der Waals surface area contributed by atoms with E-state index in [1.807, 2.05) is 0 Å². The van der Waals surface area contributed by atoms with E-state index < -0.39 is 0 Å². The summed E-state index contributed by atoms with van der Waals surface area (Å²) in [5.74, 6) is 1.56. The number of carbonyl (C=O) groups is 1. The number of fused-ring (bicyclic) bond motifs is 1. The van der Waals surface area contributed by atoms with Gasteiger partial charge in [0.25, 0.3) is 0 Å². The van der Waals surface area contributed by atoms with Crippen molar-refractivity contribution in [3.63, 3.8) is 0 Å². The maximum atomic E-state index is 12.1. The minimum atomic E-state index is -0.0177. The maximum absolute atomic E-state index is 12.1. The van der Waals surface area contributed by atoms with Gasteiger partial charge in [0.05, 0.1) is 10.7 Å². The number of nitrogens with zero attached hydrogens (tertiary/aromatic N) is 1. The Hall–Kier alpha value is -0.520. The molecule has 0 radical (unpaired) electrons. The van der Waals surface area contributed by atoms with Crippen LogP contribution in [-0.4, -0.2) is 43.5 Å². The summed E-state index contributed by atoms with van der Waals surface area (Å²) in [6.45, 7) is 5.27. The molecule has 1 aromatic carbocycles. The van der Waals surface area contributed by atoms with Crippen LogP contribution in [-0.2, 0) is 4.79 Å².